The molecule has 0 spiro atoms. The van der Waals surface area contributed by atoms with E-state index >= 15 is 0 Å². The predicted octanol–water partition coefficient (Wildman–Crippen LogP) is 3.87. The average Bonchev–Trinajstić information content (AvgIpc) is 2.67. The molecule has 4 rings (SSSR count). The fourth-order valence-corrected chi connectivity index (χ4v) is 3.95. The second-order valence-corrected chi connectivity index (χ2v) is 7.19. The van der Waals surface area contributed by atoms with Crippen LogP contribution in [0, 0.1) is 25.0 Å². The zero-order valence-corrected chi connectivity index (χ0v) is 11.3. The normalized spacial score (nSPS) is 41.1. The molecular formula is C13H18Cl2O2. The molecule has 4 fully saturated rings. The maximum absolute atomic E-state index is 6.23. The van der Waals surface area contributed by atoms with Gasteiger partial charge in [0.2, 0.25) is 6.29 Å². The van der Waals surface area contributed by atoms with Gasteiger partial charge in [-0.05, 0) is 37.5 Å². The van der Waals surface area contributed by atoms with Crippen LogP contribution in [0.15, 0.2) is 0 Å². The summed E-state index contributed by atoms with van der Waals surface area (Å²) in [5, 5.41) is 0. The van der Waals surface area contributed by atoms with Crippen LogP contribution in [0.25, 0.3) is 0 Å². The molecule has 2 saturated heterocycles. The van der Waals surface area contributed by atoms with Gasteiger partial charge in [-0.25, -0.2) is 0 Å². The third kappa shape index (κ3) is 2.47. The first kappa shape index (κ1) is 12.5. The van der Waals surface area contributed by atoms with Crippen LogP contribution in [0.4, 0.5) is 0 Å². The van der Waals surface area contributed by atoms with Crippen LogP contribution in [0.2, 0.25) is 0 Å². The van der Waals surface area contributed by atoms with Gasteiger partial charge in [-0.1, -0.05) is 13.3 Å². The van der Waals surface area contributed by atoms with Crippen LogP contribution in [0.1, 0.15) is 38.5 Å². The average molecular weight is 277 g/mol. The minimum absolute atomic E-state index is 0.345. The fraction of sp³-hybridized carbons (Fsp3) is 0.846. The number of hydrogen-bond acceptors (Lipinski definition) is 2. The van der Waals surface area contributed by atoms with Crippen molar-refractivity contribution < 1.29 is 9.47 Å². The quantitative estimate of drug-likeness (QED) is 0.726. The van der Waals surface area contributed by atoms with Crippen molar-refractivity contribution in [1.29, 1.82) is 0 Å². The summed E-state index contributed by atoms with van der Waals surface area (Å²) in [7, 11) is 0. The molecular weight excluding hydrogens is 259 g/mol. The van der Waals surface area contributed by atoms with Crippen molar-refractivity contribution in [1.82, 2.24) is 0 Å². The van der Waals surface area contributed by atoms with Crippen LogP contribution < -0.4 is 0 Å². The Hall–Kier alpha value is 0.500. The molecule has 2 aliphatic heterocycles. The summed E-state index contributed by atoms with van der Waals surface area (Å²) < 4.78 is 11.1. The molecule has 0 aromatic carbocycles. The lowest BCUT2D eigenvalue weighted by molar-refractivity contribution is -0.0815. The summed E-state index contributed by atoms with van der Waals surface area (Å²) in [5.74, 6) is 1.38. The zero-order chi connectivity index (χ0) is 12.0. The highest BCUT2D eigenvalue weighted by atomic mass is 35.5. The molecule has 4 heteroatoms. The molecule has 0 aromatic heterocycles. The largest absolute Gasteiger partial charge is 0.342 e. The van der Waals surface area contributed by atoms with Crippen LogP contribution in [-0.4, -0.2) is 16.5 Å². The highest BCUT2D eigenvalue weighted by Crippen LogP contribution is 2.53. The van der Waals surface area contributed by atoms with Gasteiger partial charge in [0, 0.05) is 6.42 Å². The molecule has 4 unspecified atom stereocenters. The lowest BCUT2D eigenvalue weighted by Gasteiger charge is -2.25. The summed E-state index contributed by atoms with van der Waals surface area (Å²) >= 11 is 12.5. The minimum atomic E-state index is -0.801. The van der Waals surface area contributed by atoms with Gasteiger partial charge in [-0.2, -0.15) is 0 Å². The maximum atomic E-state index is 6.23. The Labute approximate surface area is 113 Å². The number of hydrogen-bond donors (Lipinski definition) is 0. The first-order valence-electron chi connectivity index (χ1n) is 6.43. The first-order chi connectivity index (χ1) is 8.07. The summed E-state index contributed by atoms with van der Waals surface area (Å²) in [6, 6.07) is 0. The van der Waals surface area contributed by atoms with Gasteiger partial charge < -0.3 is 9.47 Å². The van der Waals surface area contributed by atoms with Gasteiger partial charge in [0.25, 0.3) is 0 Å². The smallest absolute Gasteiger partial charge is 0.227 e. The molecule has 4 bridgehead atoms. The molecule has 2 aliphatic carbocycles. The fourth-order valence-electron chi connectivity index (χ4n) is 3.47. The van der Waals surface area contributed by atoms with Crippen molar-refractivity contribution in [2.45, 2.75) is 55.1 Å². The van der Waals surface area contributed by atoms with Gasteiger partial charge in [-0.3, -0.25) is 0 Å². The Bertz CT molecular complexity index is 277. The number of fused-ring (bicyclic) bond motifs is 2. The van der Waals surface area contributed by atoms with E-state index in [4.69, 9.17) is 32.7 Å². The highest BCUT2D eigenvalue weighted by molar-refractivity contribution is 6.48. The van der Waals surface area contributed by atoms with Crippen molar-refractivity contribution in [3.8, 4) is 0 Å². The third-order valence-electron chi connectivity index (χ3n) is 4.24. The minimum Gasteiger partial charge on any atom is -0.342 e. The number of ether oxygens (including phenoxy) is 2. The van der Waals surface area contributed by atoms with Gasteiger partial charge in [0.05, 0.1) is 12.2 Å². The zero-order valence-electron chi connectivity index (χ0n) is 9.83. The van der Waals surface area contributed by atoms with E-state index in [9.17, 15) is 0 Å². The molecule has 4 aliphatic rings. The van der Waals surface area contributed by atoms with Gasteiger partial charge >= 0.3 is 0 Å². The molecule has 0 N–H and O–H groups in total. The summed E-state index contributed by atoms with van der Waals surface area (Å²) in [6.45, 7) is 3.78. The van der Waals surface area contributed by atoms with Crippen LogP contribution in [0.5, 0.6) is 0 Å². The molecule has 96 valence electrons. The van der Waals surface area contributed by atoms with Gasteiger partial charge in [0.15, 0.2) is 0 Å². The van der Waals surface area contributed by atoms with Crippen LogP contribution in [-0.2, 0) is 9.47 Å². The summed E-state index contributed by atoms with van der Waals surface area (Å²) in [4.78, 5) is 0. The Kier molecular flexibility index (Phi) is 3.36. The maximum Gasteiger partial charge on any atom is 0.227 e. The monoisotopic (exact) mass is 276 g/mol. The molecule has 2 heterocycles. The Morgan fingerprint density at radius 1 is 1.12 bits per heavy atom. The van der Waals surface area contributed by atoms with Crippen molar-refractivity contribution >= 4 is 23.2 Å². The van der Waals surface area contributed by atoms with E-state index in [1.54, 1.807) is 0 Å². The van der Waals surface area contributed by atoms with E-state index in [-0.39, 0.29) is 0 Å². The second-order valence-electron chi connectivity index (χ2n) is 5.55. The number of alkyl halides is 2. The molecule has 2 saturated carbocycles. The van der Waals surface area contributed by atoms with Crippen molar-refractivity contribution in [2.24, 2.45) is 11.8 Å². The Morgan fingerprint density at radius 3 is 2.18 bits per heavy atom. The van der Waals surface area contributed by atoms with Gasteiger partial charge in [-0.15, -0.1) is 23.2 Å². The number of halogens is 2. The highest BCUT2D eigenvalue weighted by Gasteiger charge is 2.52. The third-order valence-corrected chi connectivity index (χ3v) is 4.88. The first-order valence-corrected chi connectivity index (χ1v) is 7.19. The Balaban J connectivity index is 1.63. The van der Waals surface area contributed by atoms with E-state index in [0.717, 1.165) is 19.3 Å². The van der Waals surface area contributed by atoms with E-state index < -0.39 is 4.33 Å². The Morgan fingerprint density at radius 2 is 1.71 bits per heavy atom. The lowest BCUT2D eigenvalue weighted by atomic mass is 9.95. The summed E-state index contributed by atoms with van der Waals surface area (Å²) in [5.41, 5.74) is 0. The molecule has 17 heavy (non-hydrogen) atoms. The van der Waals surface area contributed by atoms with Crippen molar-refractivity contribution in [2.75, 3.05) is 0 Å². The topological polar surface area (TPSA) is 18.5 Å². The number of rotatable bonds is 4. The molecule has 2 nitrogen and oxygen atoms in total. The molecule has 0 amide bonds. The van der Waals surface area contributed by atoms with E-state index in [1.165, 1.54) is 6.42 Å². The molecule has 4 atom stereocenters. The summed E-state index contributed by atoms with van der Waals surface area (Å²) in [6.07, 6.45) is 6.76. The van der Waals surface area contributed by atoms with Crippen LogP contribution >= 0.6 is 23.2 Å². The van der Waals surface area contributed by atoms with Crippen LogP contribution in [0.3, 0.4) is 0 Å². The second kappa shape index (κ2) is 4.56. The van der Waals surface area contributed by atoms with Gasteiger partial charge in [0.1, 0.15) is 4.33 Å². The molecule has 2 radical (unpaired) electrons. The van der Waals surface area contributed by atoms with E-state index in [1.807, 2.05) is 0 Å². The predicted molar refractivity (Wildman–Crippen MR) is 67.5 cm³/mol. The van der Waals surface area contributed by atoms with Crippen molar-refractivity contribution in [3.05, 3.63) is 13.2 Å². The SMILES string of the molecule is [CH2]CCC(Cl)(Cl)C[C]1OC2CC3CC2CC3O1. The van der Waals surface area contributed by atoms with Crippen molar-refractivity contribution in [3.63, 3.8) is 0 Å². The lowest BCUT2D eigenvalue weighted by Crippen LogP contribution is -2.24. The van der Waals surface area contributed by atoms with E-state index in [0.29, 0.717) is 43.2 Å². The van der Waals surface area contributed by atoms with E-state index in [2.05, 4.69) is 6.92 Å². The molecule has 0 aromatic rings. The standard InChI is InChI=1S/C13H18Cl2O2/c1-2-3-13(14,15)7-12-16-10-5-8-4-9(10)6-11(8)17-12/h8-11H,1-7H2.